The number of piperidine rings is 1. The van der Waals surface area contributed by atoms with Crippen LogP contribution in [-0.4, -0.2) is 60.3 Å². The van der Waals surface area contributed by atoms with Crippen molar-refractivity contribution in [2.75, 3.05) is 32.0 Å². The van der Waals surface area contributed by atoms with Crippen molar-refractivity contribution in [3.05, 3.63) is 30.6 Å². The van der Waals surface area contributed by atoms with E-state index < -0.39 is 0 Å². The van der Waals surface area contributed by atoms with Gasteiger partial charge in [0.2, 0.25) is 5.95 Å². The van der Waals surface area contributed by atoms with Crippen LogP contribution in [0, 0.1) is 0 Å². The lowest BCUT2D eigenvalue weighted by Crippen LogP contribution is -2.32. The fourth-order valence-electron chi connectivity index (χ4n) is 3.70. The Hall–Kier alpha value is -2.94. The molecule has 9 heteroatoms. The topological polar surface area (TPSA) is 99.4 Å². The number of anilines is 1. The van der Waals surface area contributed by atoms with E-state index in [0.717, 1.165) is 29.8 Å². The maximum Gasteiger partial charge on any atom is 0.225 e. The molecule has 2 aliphatic heterocycles. The zero-order chi connectivity index (χ0) is 18.2. The summed E-state index contributed by atoms with van der Waals surface area (Å²) in [4.78, 5) is 16.2. The molecule has 0 atom stereocenters. The van der Waals surface area contributed by atoms with Gasteiger partial charge in [-0.3, -0.25) is 0 Å². The van der Waals surface area contributed by atoms with Crippen LogP contribution >= 0.6 is 0 Å². The quantitative estimate of drug-likeness (QED) is 0.746. The first-order chi connectivity index (χ1) is 13.3. The first kappa shape index (κ1) is 16.2. The van der Waals surface area contributed by atoms with E-state index in [4.69, 9.17) is 10.5 Å². The summed E-state index contributed by atoms with van der Waals surface area (Å²) < 4.78 is 8.94. The minimum atomic E-state index is 0.309. The van der Waals surface area contributed by atoms with Gasteiger partial charge in [-0.25, -0.2) is 9.97 Å². The lowest BCUT2D eigenvalue weighted by molar-refractivity contribution is 0.221. The normalized spacial score (nSPS) is 18.1. The molecule has 0 amide bonds. The smallest absolute Gasteiger partial charge is 0.225 e. The molecule has 5 heterocycles. The molecular formula is C18H22N8O. The first-order valence-electron chi connectivity index (χ1n) is 9.37. The number of hydrogen-bond acceptors (Lipinski definition) is 7. The summed E-state index contributed by atoms with van der Waals surface area (Å²) >= 11 is 0. The van der Waals surface area contributed by atoms with Crippen LogP contribution in [-0.2, 0) is 11.3 Å². The van der Waals surface area contributed by atoms with Crippen LogP contribution in [0.15, 0.2) is 24.7 Å². The third-order valence-corrected chi connectivity index (χ3v) is 5.17. The van der Waals surface area contributed by atoms with Crippen molar-refractivity contribution in [1.29, 1.82) is 0 Å². The molecule has 0 aromatic carbocycles. The van der Waals surface area contributed by atoms with Crippen molar-refractivity contribution >= 4 is 28.3 Å². The number of rotatable bonds is 4. The maximum absolute atomic E-state index is 6.17. The Morgan fingerprint density at radius 1 is 1.07 bits per heavy atom. The highest BCUT2D eigenvalue weighted by molar-refractivity contribution is 5.87. The van der Waals surface area contributed by atoms with Gasteiger partial charge in [0, 0.05) is 18.7 Å². The number of nitrogens with two attached hydrogens (primary N) is 1. The van der Waals surface area contributed by atoms with Gasteiger partial charge in [-0.1, -0.05) is 6.42 Å². The average molecular weight is 366 g/mol. The van der Waals surface area contributed by atoms with Crippen LogP contribution in [0.4, 0.5) is 5.95 Å². The average Bonchev–Trinajstić information content (AvgIpc) is 3.33. The van der Waals surface area contributed by atoms with Crippen LogP contribution in [0.25, 0.3) is 22.4 Å². The monoisotopic (exact) mass is 366 g/mol. The van der Waals surface area contributed by atoms with Crippen molar-refractivity contribution in [2.45, 2.75) is 25.8 Å². The number of aromatic nitrogens is 6. The summed E-state index contributed by atoms with van der Waals surface area (Å²) in [7, 11) is 0. The largest absolute Gasteiger partial charge is 0.496 e. The van der Waals surface area contributed by atoms with E-state index in [-0.39, 0.29) is 0 Å². The van der Waals surface area contributed by atoms with Gasteiger partial charge in [0.1, 0.15) is 6.61 Å². The Morgan fingerprint density at radius 2 is 1.96 bits per heavy atom. The van der Waals surface area contributed by atoms with Crippen molar-refractivity contribution in [3.8, 4) is 0 Å². The lowest BCUT2D eigenvalue weighted by Gasteiger charge is -2.26. The number of nitrogen functional groups attached to an aromatic ring is 1. The molecule has 1 saturated heterocycles. The van der Waals surface area contributed by atoms with E-state index >= 15 is 0 Å². The summed E-state index contributed by atoms with van der Waals surface area (Å²) in [5.74, 6) is 0.895. The Labute approximate surface area is 156 Å². The summed E-state index contributed by atoms with van der Waals surface area (Å²) in [5.41, 5.74) is 9.16. The summed E-state index contributed by atoms with van der Waals surface area (Å²) in [6, 6.07) is 0. The number of hydrogen-bond donors (Lipinski definition) is 1. The molecule has 1 fully saturated rings. The van der Waals surface area contributed by atoms with Gasteiger partial charge in [-0.05, 0) is 38.1 Å². The fourth-order valence-corrected chi connectivity index (χ4v) is 3.70. The SMILES string of the molecule is Nc1nc2c(ncn2CCN2CCCCC2)c2nc(C3=CC=COC3)nn12. The Kier molecular flexibility index (Phi) is 4.01. The van der Waals surface area contributed by atoms with Gasteiger partial charge < -0.3 is 19.9 Å². The zero-order valence-corrected chi connectivity index (χ0v) is 15.1. The Bertz CT molecular complexity index is 1040. The van der Waals surface area contributed by atoms with Gasteiger partial charge in [-0.2, -0.15) is 9.50 Å². The van der Waals surface area contributed by atoms with Crippen LogP contribution in [0.2, 0.25) is 0 Å². The predicted molar refractivity (Wildman–Crippen MR) is 102 cm³/mol. The number of ether oxygens (including phenoxy) is 1. The highest BCUT2D eigenvalue weighted by Crippen LogP contribution is 2.22. The molecule has 5 rings (SSSR count). The number of allylic oxidation sites excluding steroid dienone is 2. The van der Waals surface area contributed by atoms with E-state index in [2.05, 4.69) is 29.5 Å². The number of likely N-dealkylation sites (tertiary alicyclic amines) is 1. The third-order valence-electron chi connectivity index (χ3n) is 5.17. The van der Waals surface area contributed by atoms with E-state index in [1.807, 2.05) is 18.5 Å². The summed E-state index contributed by atoms with van der Waals surface area (Å²) in [6.07, 6.45) is 11.2. The van der Waals surface area contributed by atoms with Gasteiger partial charge >= 0.3 is 0 Å². The van der Waals surface area contributed by atoms with Crippen molar-refractivity contribution in [1.82, 2.24) is 34.0 Å². The van der Waals surface area contributed by atoms with Crippen LogP contribution in [0.1, 0.15) is 25.1 Å². The van der Waals surface area contributed by atoms with Crippen LogP contribution in [0.5, 0.6) is 0 Å². The van der Waals surface area contributed by atoms with E-state index in [1.165, 1.54) is 32.4 Å². The molecule has 3 aromatic rings. The van der Waals surface area contributed by atoms with Gasteiger partial charge in [0.15, 0.2) is 22.6 Å². The molecule has 9 nitrogen and oxygen atoms in total. The molecule has 2 aliphatic rings. The highest BCUT2D eigenvalue weighted by atomic mass is 16.5. The summed E-state index contributed by atoms with van der Waals surface area (Å²) in [5, 5.41) is 4.49. The van der Waals surface area contributed by atoms with Crippen LogP contribution < -0.4 is 5.73 Å². The summed E-state index contributed by atoms with van der Waals surface area (Å²) in [6.45, 7) is 4.61. The molecule has 140 valence electrons. The minimum absolute atomic E-state index is 0.309. The zero-order valence-electron chi connectivity index (χ0n) is 15.1. The van der Waals surface area contributed by atoms with E-state index in [9.17, 15) is 0 Å². The van der Waals surface area contributed by atoms with Crippen molar-refractivity contribution in [2.24, 2.45) is 0 Å². The minimum Gasteiger partial charge on any atom is -0.496 e. The molecule has 27 heavy (non-hydrogen) atoms. The van der Waals surface area contributed by atoms with Crippen LogP contribution in [0.3, 0.4) is 0 Å². The highest BCUT2D eigenvalue weighted by Gasteiger charge is 2.19. The molecule has 0 spiro atoms. The lowest BCUT2D eigenvalue weighted by atomic mass is 10.1. The Balaban J connectivity index is 1.49. The predicted octanol–water partition coefficient (Wildman–Crippen LogP) is 1.47. The molecule has 0 aliphatic carbocycles. The molecular weight excluding hydrogens is 344 g/mol. The molecule has 3 aromatic heterocycles. The van der Waals surface area contributed by atoms with E-state index in [0.29, 0.717) is 24.0 Å². The maximum atomic E-state index is 6.17. The third kappa shape index (κ3) is 2.93. The van der Waals surface area contributed by atoms with Gasteiger partial charge in [0.25, 0.3) is 0 Å². The van der Waals surface area contributed by atoms with E-state index in [1.54, 1.807) is 10.8 Å². The second kappa shape index (κ2) is 6.66. The van der Waals surface area contributed by atoms with Gasteiger partial charge in [-0.15, -0.1) is 5.10 Å². The number of imidazole rings is 1. The second-order valence-electron chi connectivity index (χ2n) is 6.98. The number of nitrogens with zero attached hydrogens (tertiary/aromatic N) is 7. The molecule has 0 saturated carbocycles. The van der Waals surface area contributed by atoms with Gasteiger partial charge in [0.05, 0.1) is 12.6 Å². The van der Waals surface area contributed by atoms with Crippen molar-refractivity contribution in [3.63, 3.8) is 0 Å². The molecule has 2 N–H and O–H groups in total. The molecule has 0 radical (unpaired) electrons. The fraction of sp³-hybridized carbons (Fsp3) is 0.444. The molecule has 0 bridgehead atoms. The first-order valence-corrected chi connectivity index (χ1v) is 9.37. The van der Waals surface area contributed by atoms with Crippen molar-refractivity contribution < 1.29 is 4.74 Å². The standard InChI is InChI=1S/C18H22N8O/c19-18-22-16-14(20-12-25(16)9-8-24-6-2-1-3-7-24)17-21-15(23-26(17)18)13-5-4-10-27-11-13/h4-5,10,12H,1-3,6-9,11H2,(H2,19,22). The Morgan fingerprint density at radius 3 is 2.78 bits per heavy atom. The number of fused-ring (bicyclic) bond motifs is 3. The molecule has 0 unspecified atom stereocenters. The second-order valence-corrected chi connectivity index (χ2v) is 6.98.